The summed E-state index contributed by atoms with van der Waals surface area (Å²) in [7, 11) is 1.65. The van der Waals surface area contributed by atoms with Gasteiger partial charge in [-0.1, -0.05) is 0 Å². The van der Waals surface area contributed by atoms with E-state index < -0.39 is 5.41 Å². The molecule has 17 heavy (non-hydrogen) atoms. The van der Waals surface area contributed by atoms with Crippen LogP contribution in [0.4, 0.5) is 0 Å². The standard InChI is InChI=1S/C12H23N3O2/c1-12(2,8-13)11(17)15-6-4-9(5-7-15)10(16)14-3/h9H,4-8,13H2,1-3H3,(H,14,16). The van der Waals surface area contributed by atoms with Crippen molar-refractivity contribution in [2.75, 3.05) is 26.7 Å². The van der Waals surface area contributed by atoms with E-state index in [0.29, 0.717) is 19.6 Å². The number of nitrogens with zero attached hydrogens (tertiary/aromatic N) is 1. The van der Waals surface area contributed by atoms with Crippen molar-refractivity contribution in [1.29, 1.82) is 0 Å². The van der Waals surface area contributed by atoms with Gasteiger partial charge in [0, 0.05) is 32.6 Å². The summed E-state index contributed by atoms with van der Waals surface area (Å²) in [6.45, 7) is 5.38. The molecule has 0 saturated carbocycles. The molecule has 1 saturated heterocycles. The number of nitrogens with one attached hydrogen (secondary N) is 1. The minimum Gasteiger partial charge on any atom is -0.359 e. The third kappa shape index (κ3) is 3.19. The SMILES string of the molecule is CNC(=O)C1CCN(C(=O)C(C)(C)CN)CC1. The van der Waals surface area contributed by atoms with E-state index in [-0.39, 0.29) is 17.7 Å². The third-order valence-electron chi connectivity index (χ3n) is 3.49. The highest BCUT2D eigenvalue weighted by Crippen LogP contribution is 2.23. The van der Waals surface area contributed by atoms with Crippen LogP contribution in [-0.2, 0) is 9.59 Å². The smallest absolute Gasteiger partial charge is 0.229 e. The van der Waals surface area contributed by atoms with Crippen LogP contribution in [0.2, 0.25) is 0 Å². The molecule has 0 bridgehead atoms. The van der Waals surface area contributed by atoms with E-state index in [1.807, 2.05) is 18.7 Å². The van der Waals surface area contributed by atoms with Crippen LogP contribution in [0, 0.1) is 11.3 Å². The minimum absolute atomic E-state index is 0.0463. The second kappa shape index (κ2) is 5.49. The van der Waals surface area contributed by atoms with Crippen molar-refractivity contribution >= 4 is 11.8 Å². The van der Waals surface area contributed by atoms with Gasteiger partial charge in [0.25, 0.3) is 0 Å². The molecule has 1 aliphatic heterocycles. The van der Waals surface area contributed by atoms with Crippen LogP contribution in [0.3, 0.4) is 0 Å². The van der Waals surface area contributed by atoms with Crippen molar-refractivity contribution < 1.29 is 9.59 Å². The second-order valence-corrected chi connectivity index (χ2v) is 5.27. The van der Waals surface area contributed by atoms with Crippen molar-refractivity contribution in [2.24, 2.45) is 17.1 Å². The molecule has 0 spiro atoms. The van der Waals surface area contributed by atoms with Gasteiger partial charge in [-0.3, -0.25) is 9.59 Å². The number of hydrogen-bond donors (Lipinski definition) is 2. The van der Waals surface area contributed by atoms with Crippen LogP contribution in [0.5, 0.6) is 0 Å². The van der Waals surface area contributed by atoms with Crippen molar-refractivity contribution in [1.82, 2.24) is 10.2 Å². The molecule has 0 atom stereocenters. The monoisotopic (exact) mass is 241 g/mol. The van der Waals surface area contributed by atoms with Crippen LogP contribution in [0.1, 0.15) is 26.7 Å². The maximum Gasteiger partial charge on any atom is 0.229 e. The van der Waals surface area contributed by atoms with Gasteiger partial charge in [0.15, 0.2) is 0 Å². The van der Waals surface area contributed by atoms with Gasteiger partial charge in [0.05, 0.1) is 5.41 Å². The van der Waals surface area contributed by atoms with E-state index in [2.05, 4.69) is 5.32 Å². The fourth-order valence-electron chi connectivity index (χ4n) is 2.06. The van der Waals surface area contributed by atoms with Gasteiger partial charge in [-0.25, -0.2) is 0 Å². The molecule has 0 radical (unpaired) electrons. The Morgan fingerprint density at radius 3 is 2.29 bits per heavy atom. The van der Waals surface area contributed by atoms with Crippen molar-refractivity contribution in [3.05, 3.63) is 0 Å². The molecule has 5 nitrogen and oxygen atoms in total. The summed E-state index contributed by atoms with van der Waals surface area (Å²) in [5.41, 5.74) is 5.10. The molecule has 0 aromatic heterocycles. The number of nitrogens with two attached hydrogens (primary N) is 1. The summed E-state index contributed by atoms with van der Waals surface area (Å²) in [6, 6.07) is 0. The lowest BCUT2D eigenvalue weighted by Crippen LogP contribution is -2.49. The minimum atomic E-state index is -0.500. The molecule has 0 unspecified atom stereocenters. The second-order valence-electron chi connectivity index (χ2n) is 5.27. The Bertz CT molecular complexity index is 294. The van der Waals surface area contributed by atoms with Gasteiger partial charge in [-0.2, -0.15) is 0 Å². The normalized spacial score (nSPS) is 18.0. The highest BCUT2D eigenvalue weighted by molar-refractivity contribution is 5.83. The number of carbonyl (C=O) groups excluding carboxylic acids is 2. The first-order valence-corrected chi connectivity index (χ1v) is 6.13. The lowest BCUT2D eigenvalue weighted by molar-refractivity contribution is -0.142. The summed E-state index contributed by atoms with van der Waals surface area (Å²) in [5, 5.41) is 2.66. The van der Waals surface area contributed by atoms with E-state index in [0.717, 1.165) is 12.8 Å². The lowest BCUT2D eigenvalue weighted by Gasteiger charge is -2.36. The van der Waals surface area contributed by atoms with Crippen molar-refractivity contribution in [2.45, 2.75) is 26.7 Å². The quantitative estimate of drug-likeness (QED) is 0.728. The largest absolute Gasteiger partial charge is 0.359 e. The maximum absolute atomic E-state index is 12.1. The molecule has 1 aliphatic rings. The summed E-state index contributed by atoms with van der Waals surface area (Å²) in [6.07, 6.45) is 1.48. The van der Waals surface area contributed by atoms with E-state index >= 15 is 0 Å². The van der Waals surface area contributed by atoms with E-state index in [1.165, 1.54) is 0 Å². The molecule has 0 aliphatic carbocycles. The van der Waals surface area contributed by atoms with Crippen LogP contribution in [0.15, 0.2) is 0 Å². The summed E-state index contributed by atoms with van der Waals surface area (Å²) < 4.78 is 0. The first-order valence-electron chi connectivity index (χ1n) is 6.13. The fraction of sp³-hybridized carbons (Fsp3) is 0.833. The highest BCUT2D eigenvalue weighted by Gasteiger charge is 2.34. The number of piperidine rings is 1. The Morgan fingerprint density at radius 2 is 1.88 bits per heavy atom. The lowest BCUT2D eigenvalue weighted by atomic mass is 9.89. The molecule has 2 amide bonds. The molecular weight excluding hydrogens is 218 g/mol. The predicted octanol–water partition coefficient (Wildman–Crippen LogP) is -0.0441. The zero-order valence-corrected chi connectivity index (χ0v) is 11.0. The van der Waals surface area contributed by atoms with Gasteiger partial charge in [-0.05, 0) is 26.7 Å². The van der Waals surface area contributed by atoms with Crippen molar-refractivity contribution in [3.63, 3.8) is 0 Å². The Kier molecular flexibility index (Phi) is 4.51. The average Bonchev–Trinajstić information content (AvgIpc) is 2.37. The summed E-state index contributed by atoms with van der Waals surface area (Å²) >= 11 is 0. The van der Waals surface area contributed by atoms with E-state index in [4.69, 9.17) is 5.73 Å². The van der Waals surface area contributed by atoms with Gasteiger partial charge in [0.2, 0.25) is 11.8 Å². The molecule has 0 aromatic rings. The molecular formula is C12H23N3O2. The molecule has 0 aromatic carbocycles. The number of amides is 2. The number of carbonyl (C=O) groups is 2. The predicted molar refractivity (Wildman–Crippen MR) is 66.2 cm³/mol. The Morgan fingerprint density at radius 1 is 1.35 bits per heavy atom. The Labute approximate surface area is 103 Å². The number of likely N-dealkylation sites (tertiary alicyclic amines) is 1. The molecule has 5 heteroatoms. The van der Waals surface area contributed by atoms with E-state index in [1.54, 1.807) is 7.05 Å². The molecule has 1 heterocycles. The van der Waals surface area contributed by atoms with Crippen molar-refractivity contribution in [3.8, 4) is 0 Å². The first kappa shape index (κ1) is 14.0. The highest BCUT2D eigenvalue weighted by atomic mass is 16.2. The first-order chi connectivity index (χ1) is 7.92. The van der Waals surface area contributed by atoms with Gasteiger partial charge >= 0.3 is 0 Å². The van der Waals surface area contributed by atoms with Crippen LogP contribution in [-0.4, -0.2) is 43.4 Å². The topological polar surface area (TPSA) is 75.4 Å². The van der Waals surface area contributed by atoms with Crippen LogP contribution >= 0.6 is 0 Å². The maximum atomic E-state index is 12.1. The Hall–Kier alpha value is -1.10. The third-order valence-corrected chi connectivity index (χ3v) is 3.49. The summed E-state index contributed by atoms with van der Waals surface area (Å²) in [4.78, 5) is 25.4. The Balaban J connectivity index is 2.52. The molecule has 98 valence electrons. The van der Waals surface area contributed by atoms with Gasteiger partial charge in [-0.15, -0.1) is 0 Å². The fourth-order valence-corrected chi connectivity index (χ4v) is 2.06. The number of hydrogen-bond acceptors (Lipinski definition) is 3. The zero-order valence-electron chi connectivity index (χ0n) is 11.0. The van der Waals surface area contributed by atoms with Crippen LogP contribution < -0.4 is 11.1 Å². The zero-order chi connectivity index (χ0) is 13.1. The molecule has 1 fully saturated rings. The average molecular weight is 241 g/mol. The van der Waals surface area contributed by atoms with Crippen LogP contribution in [0.25, 0.3) is 0 Å². The summed E-state index contributed by atoms with van der Waals surface area (Å²) in [5.74, 6) is 0.218. The number of rotatable bonds is 3. The van der Waals surface area contributed by atoms with Gasteiger partial charge < -0.3 is 16.0 Å². The van der Waals surface area contributed by atoms with Gasteiger partial charge in [0.1, 0.15) is 0 Å². The molecule has 1 rings (SSSR count). The molecule has 3 N–H and O–H groups in total. The van der Waals surface area contributed by atoms with E-state index in [9.17, 15) is 9.59 Å².